The topological polar surface area (TPSA) is 55.1 Å². The van der Waals surface area contributed by atoms with E-state index in [1.54, 1.807) is 13.0 Å². The fourth-order valence-corrected chi connectivity index (χ4v) is 1.56. The summed E-state index contributed by atoms with van der Waals surface area (Å²) >= 11 is 0. The van der Waals surface area contributed by atoms with Gasteiger partial charge in [-0.3, -0.25) is 4.79 Å². The van der Waals surface area contributed by atoms with E-state index >= 15 is 0 Å². The van der Waals surface area contributed by atoms with Crippen LogP contribution in [0.5, 0.6) is 0 Å². The lowest BCUT2D eigenvalue weighted by Crippen LogP contribution is -2.20. The van der Waals surface area contributed by atoms with Crippen molar-refractivity contribution < 1.29 is 9.18 Å². The van der Waals surface area contributed by atoms with Crippen LogP contribution in [0.15, 0.2) is 12.1 Å². The standard InChI is InChI=1S/C9H9FN2O/c1-4-2-3-5(10)8-6(4)7(11)9(13)12-8/h2-3,7H,11H2,1H3,(H,12,13). The fourth-order valence-electron chi connectivity index (χ4n) is 1.56. The number of anilines is 1. The lowest BCUT2D eigenvalue weighted by molar-refractivity contribution is -0.116. The number of hydrogen-bond donors (Lipinski definition) is 2. The maximum absolute atomic E-state index is 13.1. The Morgan fingerprint density at radius 1 is 1.54 bits per heavy atom. The zero-order valence-electron chi connectivity index (χ0n) is 7.10. The third-order valence-electron chi connectivity index (χ3n) is 2.25. The molecular weight excluding hydrogens is 171 g/mol. The molecule has 0 fully saturated rings. The monoisotopic (exact) mass is 180 g/mol. The molecule has 3 N–H and O–H groups in total. The second-order valence-corrected chi connectivity index (χ2v) is 3.12. The van der Waals surface area contributed by atoms with Gasteiger partial charge in [0.15, 0.2) is 0 Å². The van der Waals surface area contributed by atoms with E-state index in [0.29, 0.717) is 5.56 Å². The van der Waals surface area contributed by atoms with Gasteiger partial charge in [-0.2, -0.15) is 0 Å². The number of rotatable bonds is 0. The average molecular weight is 180 g/mol. The van der Waals surface area contributed by atoms with Crippen molar-refractivity contribution in [3.05, 3.63) is 29.1 Å². The number of halogens is 1. The number of aryl methyl sites for hydroxylation is 1. The number of benzene rings is 1. The van der Waals surface area contributed by atoms with E-state index in [0.717, 1.165) is 5.56 Å². The van der Waals surface area contributed by atoms with Gasteiger partial charge in [0.1, 0.15) is 11.9 Å². The molecule has 13 heavy (non-hydrogen) atoms. The van der Waals surface area contributed by atoms with Crippen molar-refractivity contribution in [3.8, 4) is 0 Å². The summed E-state index contributed by atoms with van der Waals surface area (Å²) in [7, 11) is 0. The van der Waals surface area contributed by atoms with Crippen molar-refractivity contribution in [1.82, 2.24) is 0 Å². The van der Waals surface area contributed by atoms with E-state index in [-0.39, 0.29) is 11.6 Å². The van der Waals surface area contributed by atoms with Crippen LogP contribution in [0.2, 0.25) is 0 Å². The number of carbonyl (C=O) groups excluding carboxylic acids is 1. The van der Waals surface area contributed by atoms with Crippen LogP contribution in [0.25, 0.3) is 0 Å². The maximum atomic E-state index is 13.1. The van der Waals surface area contributed by atoms with Gasteiger partial charge in [0.25, 0.3) is 0 Å². The molecule has 0 bridgehead atoms. The molecule has 0 saturated carbocycles. The lowest BCUT2D eigenvalue weighted by Gasteiger charge is -2.05. The molecule has 1 amide bonds. The minimum absolute atomic E-state index is 0.234. The molecule has 1 aromatic rings. The second kappa shape index (κ2) is 2.53. The van der Waals surface area contributed by atoms with E-state index in [1.807, 2.05) is 0 Å². The molecule has 1 heterocycles. The Bertz CT molecular complexity index is 389. The fraction of sp³-hybridized carbons (Fsp3) is 0.222. The van der Waals surface area contributed by atoms with Gasteiger partial charge >= 0.3 is 0 Å². The molecule has 0 aromatic heterocycles. The molecule has 1 aliphatic heterocycles. The molecule has 68 valence electrons. The van der Waals surface area contributed by atoms with Gasteiger partial charge in [0, 0.05) is 5.56 Å². The third-order valence-corrected chi connectivity index (χ3v) is 2.25. The lowest BCUT2D eigenvalue weighted by atomic mass is 10.0. The first-order valence-corrected chi connectivity index (χ1v) is 3.96. The first kappa shape index (κ1) is 8.19. The van der Waals surface area contributed by atoms with E-state index in [9.17, 15) is 9.18 Å². The van der Waals surface area contributed by atoms with Crippen LogP contribution in [-0.2, 0) is 4.79 Å². The van der Waals surface area contributed by atoms with Gasteiger partial charge in [0.05, 0.1) is 5.69 Å². The molecule has 1 unspecified atom stereocenters. The summed E-state index contributed by atoms with van der Waals surface area (Å²) in [4.78, 5) is 11.1. The minimum atomic E-state index is -0.731. The molecule has 2 rings (SSSR count). The predicted molar refractivity (Wildman–Crippen MR) is 46.7 cm³/mol. The molecule has 0 spiro atoms. The van der Waals surface area contributed by atoms with Crippen molar-refractivity contribution in [1.29, 1.82) is 0 Å². The third kappa shape index (κ3) is 1.02. The number of carbonyl (C=O) groups is 1. The van der Waals surface area contributed by atoms with Crippen molar-refractivity contribution >= 4 is 11.6 Å². The van der Waals surface area contributed by atoms with E-state index in [4.69, 9.17) is 5.73 Å². The van der Waals surface area contributed by atoms with E-state index in [1.165, 1.54) is 6.07 Å². The highest BCUT2D eigenvalue weighted by Gasteiger charge is 2.30. The summed E-state index contributed by atoms with van der Waals surface area (Å²) in [5.41, 5.74) is 7.22. The predicted octanol–water partition coefficient (Wildman–Crippen LogP) is 1.09. The van der Waals surface area contributed by atoms with Crippen LogP contribution in [-0.4, -0.2) is 5.91 Å². The van der Waals surface area contributed by atoms with E-state index in [2.05, 4.69) is 5.32 Å². The van der Waals surface area contributed by atoms with Gasteiger partial charge in [0.2, 0.25) is 5.91 Å². The summed E-state index contributed by atoms with van der Waals surface area (Å²) in [6.45, 7) is 1.80. The number of nitrogens with one attached hydrogen (secondary N) is 1. The van der Waals surface area contributed by atoms with Gasteiger partial charge in [-0.1, -0.05) is 6.07 Å². The minimum Gasteiger partial charge on any atom is -0.322 e. The average Bonchev–Trinajstić information content (AvgIpc) is 2.38. The highest BCUT2D eigenvalue weighted by atomic mass is 19.1. The molecule has 1 aromatic carbocycles. The van der Waals surface area contributed by atoms with Crippen molar-refractivity contribution in [2.24, 2.45) is 5.73 Å². The Morgan fingerprint density at radius 2 is 2.23 bits per heavy atom. The maximum Gasteiger partial charge on any atom is 0.246 e. The molecule has 3 nitrogen and oxygen atoms in total. The second-order valence-electron chi connectivity index (χ2n) is 3.12. The van der Waals surface area contributed by atoms with Crippen LogP contribution in [0.4, 0.5) is 10.1 Å². The van der Waals surface area contributed by atoms with E-state index < -0.39 is 11.9 Å². The largest absolute Gasteiger partial charge is 0.322 e. The zero-order chi connectivity index (χ0) is 9.59. The van der Waals surface area contributed by atoms with Gasteiger partial charge in [-0.25, -0.2) is 4.39 Å². The number of amides is 1. The Balaban J connectivity index is 2.68. The molecule has 0 aliphatic carbocycles. The van der Waals surface area contributed by atoms with Crippen molar-refractivity contribution in [2.75, 3.05) is 5.32 Å². The number of hydrogen-bond acceptors (Lipinski definition) is 2. The van der Waals surface area contributed by atoms with Gasteiger partial charge < -0.3 is 11.1 Å². The van der Waals surface area contributed by atoms with Gasteiger partial charge in [-0.05, 0) is 18.6 Å². The van der Waals surface area contributed by atoms with Crippen molar-refractivity contribution in [3.63, 3.8) is 0 Å². The zero-order valence-corrected chi connectivity index (χ0v) is 7.10. The van der Waals surface area contributed by atoms with Crippen LogP contribution >= 0.6 is 0 Å². The summed E-state index contributed by atoms with van der Waals surface area (Å²) in [6.07, 6.45) is 0. The normalized spacial score (nSPS) is 19.9. The Hall–Kier alpha value is -1.42. The first-order valence-electron chi connectivity index (χ1n) is 3.96. The van der Waals surface area contributed by atoms with Crippen LogP contribution in [0, 0.1) is 12.7 Å². The summed E-state index contributed by atoms with van der Waals surface area (Å²) in [6, 6.07) is 2.21. The Kier molecular flexibility index (Phi) is 1.60. The summed E-state index contributed by atoms with van der Waals surface area (Å²) in [5.74, 6) is -0.773. The molecule has 4 heteroatoms. The van der Waals surface area contributed by atoms with Crippen LogP contribution in [0.3, 0.4) is 0 Å². The molecule has 1 aliphatic rings. The highest BCUT2D eigenvalue weighted by molar-refractivity contribution is 6.03. The molecule has 0 saturated heterocycles. The summed E-state index contributed by atoms with van der Waals surface area (Å²) in [5, 5.41) is 2.42. The summed E-state index contributed by atoms with van der Waals surface area (Å²) < 4.78 is 13.1. The Labute approximate surface area is 74.7 Å². The highest BCUT2D eigenvalue weighted by Crippen LogP contribution is 2.33. The molecule has 0 radical (unpaired) electrons. The Morgan fingerprint density at radius 3 is 2.85 bits per heavy atom. The van der Waals surface area contributed by atoms with Crippen molar-refractivity contribution in [2.45, 2.75) is 13.0 Å². The smallest absolute Gasteiger partial charge is 0.246 e. The SMILES string of the molecule is Cc1ccc(F)c2c1C(N)C(=O)N2. The van der Waals surface area contributed by atoms with Gasteiger partial charge in [-0.15, -0.1) is 0 Å². The number of nitrogens with two attached hydrogens (primary N) is 1. The first-order chi connectivity index (χ1) is 6.11. The molecular formula is C9H9FN2O. The van der Waals surface area contributed by atoms with Crippen LogP contribution in [0.1, 0.15) is 17.2 Å². The van der Waals surface area contributed by atoms with Crippen LogP contribution < -0.4 is 11.1 Å². The molecule has 1 atom stereocenters. The number of fused-ring (bicyclic) bond motifs is 1. The quantitative estimate of drug-likeness (QED) is 0.627.